The van der Waals surface area contributed by atoms with Crippen LogP contribution in [0, 0.1) is 10.8 Å². The summed E-state index contributed by atoms with van der Waals surface area (Å²) in [5, 5.41) is 30.3. The predicted molar refractivity (Wildman–Crippen MR) is 145 cm³/mol. The standard InChI is InChI=1S/C30H29N3O5/c1-17-23-14-18(13-19-8-5-6-9-22(19)23)7-3-2-4-10-25(31)27(34)20-11-12-21(16-33-29(36)30(37)38)24(15-20)28(35)26(17)32/h5-6,8-9,11-15,17,31-32H,2-4,7,10,16H2,1H3,(H,33,36)(H,37,38)/t17-/m1/s1. The number of hydrogen-bond donors (Lipinski definition) is 4. The lowest BCUT2D eigenvalue weighted by atomic mass is 9.84. The van der Waals surface area contributed by atoms with E-state index in [9.17, 15) is 19.2 Å². The number of amides is 1. The number of aryl methyl sites for hydroxylation is 1. The SMILES string of the molecule is C[C@H]1C(=N)C(=O)c2cc(ccc2CNC(=O)C(=O)O)C(=O)C(=N)CCCCCc2cc1c1ccccc1c2. The van der Waals surface area contributed by atoms with Gasteiger partial charge in [-0.3, -0.25) is 14.4 Å². The average molecular weight is 512 g/mol. The molecule has 194 valence electrons. The van der Waals surface area contributed by atoms with Crippen LogP contribution in [0.4, 0.5) is 0 Å². The summed E-state index contributed by atoms with van der Waals surface area (Å²) < 4.78 is 0. The van der Waals surface area contributed by atoms with Crippen LogP contribution in [0.2, 0.25) is 0 Å². The zero-order chi connectivity index (χ0) is 27.4. The Bertz CT molecular complexity index is 1490. The minimum absolute atomic E-state index is 0.0266. The molecular formula is C30H29N3O5. The summed E-state index contributed by atoms with van der Waals surface area (Å²) in [6, 6.07) is 16.3. The van der Waals surface area contributed by atoms with Gasteiger partial charge in [-0.15, -0.1) is 0 Å². The van der Waals surface area contributed by atoms with Crippen molar-refractivity contribution >= 4 is 45.6 Å². The number of carbonyl (C=O) groups is 4. The Morgan fingerprint density at radius 3 is 2.45 bits per heavy atom. The number of benzene rings is 3. The Morgan fingerprint density at radius 2 is 1.68 bits per heavy atom. The number of fused-ring (bicyclic) bond motifs is 6. The third-order valence-corrected chi connectivity index (χ3v) is 7.01. The minimum Gasteiger partial charge on any atom is -0.474 e. The van der Waals surface area contributed by atoms with Crippen molar-refractivity contribution in [1.29, 1.82) is 10.8 Å². The van der Waals surface area contributed by atoms with E-state index in [4.69, 9.17) is 15.9 Å². The Labute approximate surface area is 220 Å². The summed E-state index contributed by atoms with van der Waals surface area (Å²) >= 11 is 0. The van der Waals surface area contributed by atoms with Crippen LogP contribution in [0.3, 0.4) is 0 Å². The lowest BCUT2D eigenvalue weighted by molar-refractivity contribution is -0.150. The van der Waals surface area contributed by atoms with Crippen molar-refractivity contribution in [3.05, 3.63) is 82.4 Å². The van der Waals surface area contributed by atoms with Gasteiger partial charge in [0.05, 0.1) is 11.4 Å². The van der Waals surface area contributed by atoms with E-state index < -0.39 is 29.4 Å². The maximum atomic E-state index is 13.7. The summed E-state index contributed by atoms with van der Waals surface area (Å²) in [6.07, 6.45) is 3.56. The molecule has 0 aliphatic heterocycles. The Hall–Kier alpha value is -4.46. The Morgan fingerprint density at radius 1 is 0.947 bits per heavy atom. The Kier molecular flexibility index (Phi) is 7.90. The molecule has 0 fully saturated rings. The summed E-state index contributed by atoms with van der Waals surface area (Å²) in [6.45, 7) is 1.53. The maximum Gasteiger partial charge on any atom is 0.394 e. The van der Waals surface area contributed by atoms with Crippen molar-refractivity contribution in [3.63, 3.8) is 0 Å². The van der Waals surface area contributed by atoms with Gasteiger partial charge < -0.3 is 21.2 Å². The highest BCUT2D eigenvalue weighted by atomic mass is 16.4. The number of hydrogen-bond acceptors (Lipinski definition) is 6. The molecule has 0 saturated heterocycles. The first-order chi connectivity index (χ1) is 18.2. The zero-order valence-electron chi connectivity index (χ0n) is 21.1. The van der Waals surface area contributed by atoms with Crippen molar-refractivity contribution in [2.24, 2.45) is 0 Å². The van der Waals surface area contributed by atoms with Gasteiger partial charge in [0.15, 0.2) is 0 Å². The van der Waals surface area contributed by atoms with Gasteiger partial charge in [0.25, 0.3) is 0 Å². The molecule has 0 unspecified atom stereocenters. The Balaban J connectivity index is 1.81. The van der Waals surface area contributed by atoms with Crippen molar-refractivity contribution in [2.75, 3.05) is 0 Å². The molecule has 1 amide bonds. The van der Waals surface area contributed by atoms with Crippen LogP contribution in [-0.2, 0) is 22.6 Å². The van der Waals surface area contributed by atoms with Crippen LogP contribution >= 0.6 is 0 Å². The third kappa shape index (κ3) is 5.59. The van der Waals surface area contributed by atoms with E-state index in [1.165, 1.54) is 18.2 Å². The van der Waals surface area contributed by atoms with Crippen LogP contribution in [0.15, 0.2) is 54.6 Å². The van der Waals surface area contributed by atoms with Crippen LogP contribution < -0.4 is 5.32 Å². The van der Waals surface area contributed by atoms with Crippen LogP contribution in [0.1, 0.15) is 75.9 Å². The first-order valence-corrected chi connectivity index (χ1v) is 12.6. The molecule has 1 atom stereocenters. The zero-order valence-corrected chi connectivity index (χ0v) is 21.1. The van der Waals surface area contributed by atoms with E-state index in [-0.39, 0.29) is 34.7 Å². The van der Waals surface area contributed by atoms with E-state index in [0.717, 1.165) is 41.2 Å². The second-order valence-electron chi connectivity index (χ2n) is 9.60. The summed E-state index contributed by atoms with van der Waals surface area (Å²) in [4.78, 5) is 49.3. The first kappa shape index (κ1) is 26.6. The topological polar surface area (TPSA) is 148 Å². The molecule has 0 heterocycles. The molecule has 0 radical (unpaired) electrons. The molecule has 3 aromatic rings. The van der Waals surface area contributed by atoms with Gasteiger partial charge in [-0.2, -0.15) is 0 Å². The normalized spacial score (nSPS) is 16.9. The van der Waals surface area contributed by atoms with E-state index in [0.29, 0.717) is 12.8 Å². The highest BCUT2D eigenvalue weighted by molar-refractivity contribution is 6.48. The first-order valence-electron chi connectivity index (χ1n) is 12.6. The number of aliphatic carboxylic acids is 1. The van der Waals surface area contributed by atoms with Crippen molar-refractivity contribution < 1.29 is 24.3 Å². The highest BCUT2D eigenvalue weighted by Gasteiger charge is 2.26. The minimum atomic E-state index is -1.66. The van der Waals surface area contributed by atoms with Crippen molar-refractivity contribution in [2.45, 2.75) is 51.5 Å². The highest BCUT2D eigenvalue weighted by Crippen LogP contribution is 2.30. The lowest BCUT2D eigenvalue weighted by Crippen LogP contribution is -2.31. The number of rotatable bonds is 2. The van der Waals surface area contributed by atoms with Crippen LogP contribution in [0.25, 0.3) is 10.8 Å². The molecule has 8 nitrogen and oxygen atoms in total. The quantitative estimate of drug-likeness (QED) is 0.362. The summed E-state index contributed by atoms with van der Waals surface area (Å²) in [7, 11) is 0. The molecule has 1 aliphatic carbocycles. The predicted octanol–water partition coefficient (Wildman–Crippen LogP) is 4.87. The monoisotopic (exact) mass is 511 g/mol. The van der Waals surface area contributed by atoms with Gasteiger partial charge in [0.1, 0.15) is 0 Å². The number of Topliss-reactive ketones (excluding diaryl/α,β-unsaturated/α-hetero) is 2. The smallest absolute Gasteiger partial charge is 0.394 e. The van der Waals surface area contributed by atoms with Gasteiger partial charge in [-0.1, -0.05) is 61.9 Å². The second-order valence-corrected chi connectivity index (χ2v) is 9.60. The van der Waals surface area contributed by atoms with Gasteiger partial charge in [-0.05, 0) is 59.2 Å². The van der Waals surface area contributed by atoms with Crippen molar-refractivity contribution in [3.8, 4) is 0 Å². The largest absolute Gasteiger partial charge is 0.474 e. The van der Waals surface area contributed by atoms with Crippen molar-refractivity contribution in [1.82, 2.24) is 5.32 Å². The molecule has 0 saturated carbocycles. The van der Waals surface area contributed by atoms with Gasteiger partial charge in [0.2, 0.25) is 11.6 Å². The van der Waals surface area contributed by atoms with E-state index in [1.807, 2.05) is 24.3 Å². The van der Waals surface area contributed by atoms with Gasteiger partial charge in [-0.25, -0.2) is 4.79 Å². The van der Waals surface area contributed by atoms with Crippen LogP contribution in [0.5, 0.6) is 0 Å². The molecule has 4 N–H and O–H groups in total. The average Bonchev–Trinajstić information content (AvgIpc) is 2.92. The molecule has 4 bridgehead atoms. The molecule has 0 spiro atoms. The fourth-order valence-corrected chi connectivity index (χ4v) is 4.83. The third-order valence-electron chi connectivity index (χ3n) is 7.01. The van der Waals surface area contributed by atoms with E-state index in [2.05, 4.69) is 17.4 Å². The van der Waals surface area contributed by atoms with Gasteiger partial charge >= 0.3 is 11.9 Å². The number of carboxylic acids is 1. The second kappa shape index (κ2) is 11.3. The van der Waals surface area contributed by atoms with Gasteiger partial charge in [0, 0.05) is 23.6 Å². The fraction of sp³-hybridized carbons (Fsp3) is 0.267. The molecule has 38 heavy (non-hydrogen) atoms. The molecule has 3 aromatic carbocycles. The molecule has 1 aliphatic rings. The number of ketones is 2. The number of nitrogens with one attached hydrogen (secondary N) is 3. The van der Waals surface area contributed by atoms with E-state index in [1.54, 1.807) is 6.92 Å². The maximum absolute atomic E-state index is 13.7. The fourth-order valence-electron chi connectivity index (χ4n) is 4.83. The summed E-state index contributed by atoms with van der Waals surface area (Å²) in [5.41, 5.74) is 2.17. The molecule has 4 rings (SSSR count). The lowest BCUT2D eigenvalue weighted by Gasteiger charge is -2.19. The summed E-state index contributed by atoms with van der Waals surface area (Å²) in [5.74, 6) is -4.58. The molecule has 8 heteroatoms. The number of carboxylic acid groups (broad SMARTS) is 1. The molecular weight excluding hydrogens is 482 g/mol. The van der Waals surface area contributed by atoms with E-state index >= 15 is 0 Å². The molecule has 0 aromatic heterocycles. The van der Waals surface area contributed by atoms with Crippen LogP contribution in [-0.4, -0.2) is 40.0 Å². The number of carbonyl (C=O) groups excluding carboxylic acids is 3.